The fourth-order valence-electron chi connectivity index (χ4n) is 3.08. The molecule has 1 aliphatic rings. The highest BCUT2D eigenvalue weighted by Crippen LogP contribution is 2.28. The van der Waals surface area contributed by atoms with Gasteiger partial charge in [0.2, 0.25) is 5.91 Å². The molecule has 0 radical (unpaired) electrons. The lowest BCUT2D eigenvalue weighted by molar-refractivity contribution is -0.127. The summed E-state index contributed by atoms with van der Waals surface area (Å²) >= 11 is 0. The smallest absolute Gasteiger partial charge is 0.269 e. The van der Waals surface area contributed by atoms with Crippen molar-refractivity contribution >= 4 is 11.8 Å². The summed E-state index contributed by atoms with van der Waals surface area (Å²) in [6, 6.07) is 7.81. The summed E-state index contributed by atoms with van der Waals surface area (Å²) in [4.78, 5) is 29.0. The SMILES string of the molecule is CC(=O)N(C)CCC#Cc1cccc(-c2nc(C(N)=O)c3n2CCC3)c1. The zero-order chi connectivity index (χ0) is 18.7. The van der Waals surface area contributed by atoms with Crippen LogP contribution in [-0.2, 0) is 17.8 Å². The molecule has 0 atom stereocenters. The molecule has 0 spiro atoms. The quantitative estimate of drug-likeness (QED) is 0.854. The van der Waals surface area contributed by atoms with Crippen LogP contribution in [0.15, 0.2) is 24.3 Å². The van der Waals surface area contributed by atoms with Crippen LogP contribution in [0.5, 0.6) is 0 Å². The van der Waals surface area contributed by atoms with E-state index in [0.717, 1.165) is 42.0 Å². The van der Waals surface area contributed by atoms with Gasteiger partial charge in [0.15, 0.2) is 0 Å². The van der Waals surface area contributed by atoms with Crippen LogP contribution in [0.4, 0.5) is 0 Å². The Labute approximate surface area is 153 Å². The molecule has 2 aromatic rings. The van der Waals surface area contributed by atoms with Crippen LogP contribution in [0, 0.1) is 11.8 Å². The third kappa shape index (κ3) is 3.62. The van der Waals surface area contributed by atoms with Crippen LogP contribution >= 0.6 is 0 Å². The van der Waals surface area contributed by atoms with E-state index in [-0.39, 0.29) is 5.91 Å². The Balaban J connectivity index is 1.82. The number of carbonyl (C=O) groups is 2. The predicted molar refractivity (Wildman–Crippen MR) is 99.3 cm³/mol. The molecule has 2 amide bonds. The van der Waals surface area contributed by atoms with Gasteiger partial charge in [-0.05, 0) is 25.0 Å². The van der Waals surface area contributed by atoms with Crippen molar-refractivity contribution in [2.24, 2.45) is 5.73 Å². The number of carbonyl (C=O) groups excluding carboxylic acids is 2. The predicted octanol–water partition coefficient (Wildman–Crippen LogP) is 1.82. The summed E-state index contributed by atoms with van der Waals surface area (Å²) in [6.45, 7) is 3.00. The largest absolute Gasteiger partial charge is 0.364 e. The number of amides is 2. The van der Waals surface area contributed by atoms with Crippen LogP contribution in [0.1, 0.15) is 41.5 Å². The monoisotopic (exact) mass is 350 g/mol. The van der Waals surface area contributed by atoms with Gasteiger partial charge in [-0.3, -0.25) is 9.59 Å². The maximum absolute atomic E-state index is 11.6. The Hall–Kier alpha value is -3.07. The molecule has 0 unspecified atom stereocenters. The number of hydrogen-bond acceptors (Lipinski definition) is 3. The number of nitrogens with zero attached hydrogens (tertiary/aromatic N) is 3. The molecule has 3 rings (SSSR count). The van der Waals surface area contributed by atoms with E-state index in [1.807, 2.05) is 24.3 Å². The minimum absolute atomic E-state index is 0.0345. The molecule has 134 valence electrons. The first kappa shape index (κ1) is 17.7. The minimum atomic E-state index is -0.479. The van der Waals surface area contributed by atoms with Gasteiger partial charge >= 0.3 is 0 Å². The van der Waals surface area contributed by atoms with Crippen molar-refractivity contribution in [3.05, 3.63) is 41.2 Å². The number of fused-ring (bicyclic) bond motifs is 1. The number of imidazole rings is 1. The highest BCUT2D eigenvalue weighted by Gasteiger charge is 2.24. The summed E-state index contributed by atoms with van der Waals surface area (Å²) in [6.07, 6.45) is 2.44. The Bertz CT molecular complexity index is 918. The van der Waals surface area contributed by atoms with Gasteiger partial charge in [-0.2, -0.15) is 0 Å². The van der Waals surface area contributed by atoms with Gasteiger partial charge in [0.1, 0.15) is 11.5 Å². The summed E-state index contributed by atoms with van der Waals surface area (Å²) < 4.78 is 2.08. The molecule has 6 nitrogen and oxygen atoms in total. The Morgan fingerprint density at radius 3 is 2.92 bits per heavy atom. The molecular formula is C20H22N4O2. The van der Waals surface area contributed by atoms with E-state index in [0.29, 0.717) is 18.7 Å². The second-order valence-electron chi connectivity index (χ2n) is 6.42. The number of nitrogens with two attached hydrogens (primary N) is 1. The van der Waals surface area contributed by atoms with E-state index in [1.165, 1.54) is 0 Å². The summed E-state index contributed by atoms with van der Waals surface area (Å²) in [5.41, 5.74) is 8.58. The van der Waals surface area contributed by atoms with Crippen LogP contribution in [-0.4, -0.2) is 39.9 Å². The third-order valence-corrected chi connectivity index (χ3v) is 4.56. The lowest BCUT2D eigenvalue weighted by atomic mass is 10.1. The molecule has 0 fully saturated rings. The fourth-order valence-corrected chi connectivity index (χ4v) is 3.08. The standard InChI is InChI=1S/C20H22N4O2/c1-14(25)23(2)11-4-3-7-15-8-5-9-16(13-15)20-22-18(19(21)26)17-10-6-12-24(17)20/h5,8-9,13H,4,6,10-12H2,1-2H3,(H2,21,26). The lowest BCUT2D eigenvalue weighted by Crippen LogP contribution is -2.24. The van der Waals surface area contributed by atoms with Crippen molar-refractivity contribution in [1.82, 2.24) is 14.5 Å². The zero-order valence-corrected chi connectivity index (χ0v) is 15.1. The van der Waals surface area contributed by atoms with E-state index in [9.17, 15) is 9.59 Å². The van der Waals surface area contributed by atoms with Gasteiger partial charge in [0, 0.05) is 44.6 Å². The summed E-state index contributed by atoms with van der Waals surface area (Å²) in [5.74, 6) is 6.55. The summed E-state index contributed by atoms with van der Waals surface area (Å²) in [5, 5.41) is 0. The number of primary amides is 1. The first-order chi connectivity index (χ1) is 12.5. The molecule has 0 bridgehead atoms. The zero-order valence-electron chi connectivity index (χ0n) is 15.1. The van der Waals surface area contributed by atoms with Crippen LogP contribution < -0.4 is 5.73 Å². The topological polar surface area (TPSA) is 81.2 Å². The second-order valence-corrected chi connectivity index (χ2v) is 6.42. The molecule has 0 aliphatic carbocycles. The number of hydrogen-bond donors (Lipinski definition) is 1. The van der Waals surface area contributed by atoms with E-state index in [1.54, 1.807) is 18.9 Å². The highest BCUT2D eigenvalue weighted by atomic mass is 16.2. The van der Waals surface area contributed by atoms with Crippen LogP contribution in [0.2, 0.25) is 0 Å². The molecule has 1 aromatic carbocycles. The maximum Gasteiger partial charge on any atom is 0.269 e. The molecular weight excluding hydrogens is 328 g/mol. The van der Waals surface area contributed by atoms with Gasteiger partial charge in [-0.15, -0.1) is 0 Å². The minimum Gasteiger partial charge on any atom is -0.364 e. The van der Waals surface area contributed by atoms with E-state index < -0.39 is 5.91 Å². The van der Waals surface area contributed by atoms with E-state index in [4.69, 9.17) is 5.73 Å². The normalized spacial score (nSPS) is 12.2. The number of benzene rings is 1. The van der Waals surface area contributed by atoms with Gasteiger partial charge in [0.25, 0.3) is 5.91 Å². The maximum atomic E-state index is 11.6. The molecule has 2 heterocycles. The molecule has 2 N–H and O–H groups in total. The Morgan fingerprint density at radius 2 is 2.19 bits per heavy atom. The fraction of sp³-hybridized carbons (Fsp3) is 0.350. The summed E-state index contributed by atoms with van der Waals surface area (Å²) in [7, 11) is 1.76. The van der Waals surface area contributed by atoms with E-state index >= 15 is 0 Å². The average Bonchev–Trinajstić information content (AvgIpc) is 3.20. The molecule has 0 saturated heterocycles. The van der Waals surface area contributed by atoms with Gasteiger partial charge < -0.3 is 15.2 Å². The molecule has 1 aliphatic heterocycles. The van der Waals surface area contributed by atoms with Gasteiger partial charge in [-0.1, -0.05) is 24.0 Å². The van der Waals surface area contributed by atoms with Crippen molar-refractivity contribution in [2.45, 2.75) is 32.7 Å². The molecule has 1 aromatic heterocycles. The molecule has 26 heavy (non-hydrogen) atoms. The van der Waals surface area contributed by atoms with Crippen LogP contribution in [0.3, 0.4) is 0 Å². The van der Waals surface area contributed by atoms with Crippen LogP contribution in [0.25, 0.3) is 11.4 Å². The number of aromatic nitrogens is 2. The van der Waals surface area contributed by atoms with Gasteiger partial charge in [0.05, 0.1) is 5.69 Å². The average molecular weight is 350 g/mol. The van der Waals surface area contributed by atoms with Crippen molar-refractivity contribution in [2.75, 3.05) is 13.6 Å². The lowest BCUT2D eigenvalue weighted by Gasteiger charge is -2.11. The Kier molecular flexibility index (Phi) is 5.08. The van der Waals surface area contributed by atoms with Crippen molar-refractivity contribution < 1.29 is 9.59 Å². The second kappa shape index (κ2) is 7.44. The van der Waals surface area contributed by atoms with Crippen molar-refractivity contribution in [3.8, 4) is 23.2 Å². The molecule has 6 heteroatoms. The highest BCUT2D eigenvalue weighted by molar-refractivity contribution is 5.93. The molecule has 0 saturated carbocycles. The first-order valence-electron chi connectivity index (χ1n) is 8.67. The Morgan fingerprint density at radius 1 is 1.38 bits per heavy atom. The van der Waals surface area contributed by atoms with Crippen molar-refractivity contribution in [1.29, 1.82) is 0 Å². The number of rotatable bonds is 4. The third-order valence-electron chi connectivity index (χ3n) is 4.56. The van der Waals surface area contributed by atoms with Gasteiger partial charge in [-0.25, -0.2) is 4.98 Å². The van der Waals surface area contributed by atoms with E-state index in [2.05, 4.69) is 21.4 Å². The van der Waals surface area contributed by atoms with Crippen molar-refractivity contribution in [3.63, 3.8) is 0 Å². The first-order valence-corrected chi connectivity index (χ1v) is 8.67.